The summed E-state index contributed by atoms with van der Waals surface area (Å²) in [4.78, 5) is 15.8. The van der Waals surface area contributed by atoms with Crippen LogP contribution in [0.4, 0.5) is 0 Å². The van der Waals surface area contributed by atoms with Crippen LogP contribution in [-0.4, -0.2) is 23.8 Å². The average Bonchev–Trinajstić information content (AvgIpc) is 3.35. The number of rotatable bonds is 7. The Kier molecular flexibility index (Phi) is 6.79. The summed E-state index contributed by atoms with van der Waals surface area (Å²) in [7, 11) is 0. The molecule has 0 radical (unpaired) electrons. The molecule has 2 N–H and O–H groups in total. The Hall–Kier alpha value is -1.56. The first kappa shape index (κ1) is 20.2. The summed E-state index contributed by atoms with van der Waals surface area (Å²) in [6, 6.07) is 12.3. The van der Waals surface area contributed by atoms with Crippen molar-refractivity contribution >= 4 is 35.1 Å². The zero-order chi connectivity index (χ0) is 19.3. The van der Waals surface area contributed by atoms with Crippen molar-refractivity contribution in [3.63, 3.8) is 0 Å². The highest BCUT2D eigenvalue weighted by Crippen LogP contribution is 2.44. The second-order valence-electron chi connectivity index (χ2n) is 7.19. The van der Waals surface area contributed by atoms with Crippen molar-refractivity contribution in [3.8, 4) is 0 Å². The zero-order valence-electron chi connectivity index (χ0n) is 15.9. The number of thioether (sulfide) groups is 1. The van der Waals surface area contributed by atoms with Crippen molar-refractivity contribution < 1.29 is 9.90 Å². The Morgan fingerprint density at radius 3 is 2.56 bits per heavy atom. The highest BCUT2D eigenvalue weighted by molar-refractivity contribution is 7.98. The molecule has 0 bridgehead atoms. The van der Waals surface area contributed by atoms with Crippen LogP contribution in [-0.2, 0) is 10.2 Å². The molecule has 1 aromatic heterocycles. The monoisotopic (exact) mass is 401 g/mol. The quantitative estimate of drug-likeness (QED) is 0.497. The molecule has 1 aliphatic carbocycles. The molecule has 1 unspecified atom stereocenters. The van der Waals surface area contributed by atoms with Crippen LogP contribution in [0.25, 0.3) is 6.08 Å². The number of hydrogen-bond acceptors (Lipinski definition) is 4. The standard InChI is InChI=1S/C22H27NO2S2/c1-16(24)19-10-11-20(27-19)22(13-3-4-14-22)15-23-21(25)12-7-17-5-8-18(26-2)9-6-17/h5-12,16,24H,3-4,13-15H2,1-2H3,(H,23,25)/b12-7+. The van der Waals surface area contributed by atoms with Crippen LogP contribution in [0.1, 0.15) is 54.0 Å². The van der Waals surface area contributed by atoms with Gasteiger partial charge in [-0.2, -0.15) is 0 Å². The van der Waals surface area contributed by atoms with Crippen LogP contribution < -0.4 is 5.32 Å². The van der Waals surface area contributed by atoms with E-state index in [2.05, 4.69) is 29.8 Å². The minimum Gasteiger partial charge on any atom is -0.388 e. The van der Waals surface area contributed by atoms with Gasteiger partial charge in [0.05, 0.1) is 6.10 Å². The van der Waals surface area contributed by atoms with Gasteiger partial charge in [0.15, 0.2) is 0 Å². The number of aliphatic hydroxyl groups excluding tert-OH is 1. The molecular formula is C22H27NO2S2. The van der Waals surface area contributed by atoms with E-state index in [0.29, 0.717) is 6.54 Å². The summed E-state index contributed by atoms with van der Waals surface area (Å²) in [5, 5.41) is 12.9. The van der Waals surface area contributed by atoms with Crippen LogP contribution in [0.15, 0.2) is 47.4 Å². The first-order chi connectivity index (χ1) is 13.0. The van der Waals surface area contributed by atoms with Crippen LogP contribution in [0.2, 0.25) is 0 Å². The van der Waals surface area contributed by atoms with E-state index < -0.39 is 6.10 Å². The number of nitrogens with one attached hydrogen (secondary N) is 1. The van der Waals surface area contributed by atoms with E-state index in [9.17, 15) is 9.90 Å². The van der Waals surface area contributed by atoms with Crippen molar-refractivity contribution in [2.45, 2.75) is 49.0 Å². The summed E-state index contributed by atoms with van der Waals surface area (Å²) in [5.41, 5.74) is 1.04. The molecule has 144 valence electrons. The van der Waals surface area contributed by atoms with Crippen molar-refractivity contribution in [2.24, 2.45) is 0 Å². The first-order valence-corrected chi connectivity index (χ1v) is 11.4. The highest BCUT2D eigenvalue weighted by atomic mass is 32.2. The van der Waals surface area contributed by atoms with Crippen molar-refractivity contribution in [3.05, 3.63) is 57.8 Å². The molecule has 1 atom stereocenters. The fraction of sp³-hybridized carbons (Fsp3) is 0.409. The molecule has 1 saturated carbocycles. The van der Waals surface area contributed by atoms with Gasteiger partial charge in [-0.3, -0.25) is 4.79 Å². The van der Waals surface area contributed by atoms with Crippen molar-refractivity contribution in [1.82, 2.24) is 5.32 Å². The van der Waals surface area contributed by atoms with E-state index in [0.717, 1.165) is 23.3 Å². The summed E-state index contributed by atoms with van der Waals surface area (Å²) < 4.78 is 0. The Balaban J connectivity index is 1.63. The van der Waals surface area contributed by atoms with Gasteiger partial charge in [-0.15, -0.1) is 23.1 Å². The molecule has 5 heteroatoms. The van der Waals surface area contributed by atoms with Gasteiger partial charge in [-0.1, -0.05) is 25.0 Å². The summed E-state index contributed by atoms with van der Waals surface area (Å²) in [5.74, 6) is -0.0532. The molecule has 27 heavy (non-hydrogen) atoms. The van der Waals surface area contributed by atoms with Gasteiger partial charge in [0.2, 0.25) is 5.91 Å². The maximum atomic E-state index is 12.3. The van der Waals surface area contributed by atoms with Gasteiger partial charge in [0, 0.05) is 32.7 Å². The first-order valence-electron chi connectivity index (χ1n) is 9.41. The molecule has 2 aromatic rings. The molecular weight excluding hydrogens is 374 g/mol. The fourth-order valence-electron chi connectivity index (χ4n) is 3.63. The Morgan fingerprint density at radius 2 is 1.96 bits per heavy atom. The van der Waals surface area contributed by atoms with E-state index in [1.54, 1.807) is 36.1 Å². The average molecular weight is 402 g/mol. The molecule has 1 amide bonds. The highest BCUT2D eigenvalue weighted by Gasteiger charge is 2.37. The predicted molar refractivity (Wildman–Crippen MR) is 115 cm³/mol. The van der Waals surface area contributed by atoms with Gasteiger partial charge >= 0.3 is 0 Å². The lowest BCUT2D eigenvalue weighted by Gasteiger charge is -2.28. The van der Waals surface area contributed by atoms with Gasteiger partial charge < -0.3 is 10.4 Å². The van der Waals surface area contributed by atoms with Crippen LogP contribution in [0.5, 0.6) is 0 Å². The van der Waals surface area contributed by atoms with Gasteiger partial charge in [-0.25, -0.2) is 0 Å². The minimum atomic E-state index is -0.433. The molecule has 0 saturated heterocycles. The number of hydrogen-bond donors (Lipinski definition) is 2. The smallest absolute Gasteiger partial charge is 0.244 e. The SMILES string of the molecule is CSc1ccc(/C=C/C(=O)NCC2(c3ccc(C(C)O)s3)CCCC2)cc1. The number of carbonyl (C=O) groups excluding carboxylic acids is 1. The van der Waals surface area contributed by atoms with Crippen LogP contribution in [0, 0.1) is 0 Å². The largest absolute Gasteiger partial charge is 0.388 e. The summed E-state index contributed by atoms with van der Waals surface area (Å²) in [6.45, 7) is 2.45. The lowest BCUT2D eigenvalue weighted by Crippen LogP contribution is -2.37. The molecule has 1 aliphatic rings. The third-order valence-electron chi connectivity index (χ3n) is 5.27. The fourth-order valence-corrected chi connectivity index (χ4v) is 5.22. The minimum absolute atomic E-state index is 0.0152. The second-order valence-corrected chi connectivity index (χ2v) is 9.18. The topological polar surface area (TPSA) is 49.3 Å². The summed E-state index contributed by atoms with van der Waals surface area (Å²) in [6.07, 6.45) is 9.65. The van der Waals surface area contributed by atoms with Crippen molar-refractivity contribution in [2.75, 3.05) is 12.8 Å². The van der Waals surface area contributed by atoms with Gasteiger partial charge in [-0.05, 0) is 61.9 Å². The zero-order valence-corrected chi connectivity index (χ0v) is 17.5. The van der Waals surface area contributed by atoms with Crippen LogP contribution in [0.3, 0.4) is 0 Å². The molecule has 1 aromatic carbocycles. The second kappa shape index (κ2) is 9.09. The molecule has 1 fully saturated rings. The lowest BCUT2D eigenvalue weighted by atomic mass is 9.84. The van der Waals surface area contributed by atoms with Gasteiger partial charge in [0.25, 0.3) is 0 Å². The van der Waals surface area contributed by atoms with E-state index in [1.807, 2.05) is 24.3 Å². The molecule has 0 spiro atoms. The summed E-state index contributed by atoms with van der Waals surface area (Å²) >= 11 is 3.39. The third kappa shape index (κ3) is 5.03. The third-order valence-corrected chi connectivity index (χ3v) is 7.51. The predicted octanol–water partition coefficient (Wildman–Crippen LogP) is 5.16. The molecule has 3 nitrogen and oxygen atoms in total. The molecule has 0 aliphatic heterocycles. The number of aliphatic hydroxyl groups is 1. The normalized spacial score (nSPS) is 17.3. The Bertz CT molecular complexity index is 787. The van der Waals surface area contributed by atoms with E-state index in [1.165, 1.54) is 22.6 Å². The maximum Gasteiger partial charge on any atom is 0.244 e. The maximum absolute atomic E-state index is 12.3. The van der Waals surface area contributed by atoms with Crippen molar-refractivity contribution in [1.29, 1.82) is 0 Å². The lowest BCUT2D eigenvalue weighted by molar-refractivity contribution is -0.116. The van der Waals surface area contributed by atoms with E-state index in [4.69, 9.17) is 0 Å². The Labute approximate surface area is 169 Å². The Morgan fingerprint density at radius 1 is 1.26 bits per heavy atom. The van der Waals surface area contributed by atoms with Crippen LogP contribution >= 0.6 is 23.1 Å². The number of amides is 1. The van der Waals surface area contributed by atoms with Gasteiger partial charge in [0.1, 0.15) is 0 Å². The van der Waals surface area contributed by atoms with E-state index in [-0.39, 0.29) is 11.3 Å². The number of thiophene rings is 1. The molecule has 3 rings (SSSR count). The number of benzene rings is 1. The molecule has 1 heterocycles. The number of carbonyl (C=O) groups is 1. The van der Waals surface area contributed by atoms with E-state index >= 15 is 0 Å².